The first kappa shape index (κ1) is 20.0. The van der Waals surface area contributed by atoms with Crippen LogP contribution in [-0.4, -0.2) is 56.3 Å². The first-order valence-corrected chi connectivity index (χ1v) is 8.98. The summed E-state index contributed by atoms with van der Waals surface area (Å²) in [5.74, 6) is 0.118. The number of likely N-dealkylation sites (tertiary alicyclic amines) is 1. The lowest BCUT2D eigenvalue weighted by Gasteiger charge is -2.15. The minimum atomic E-state index is -4.52. The zero-order valence-electron chi connectivity index (χ0n) is 15.4. The number of ether oxygens (including phenoxy) is 1. The van der Waals surface area contributed by atoms with Crippen molar-refractivity contribution in [3.8, 4) is 11.5 Å². The van der Waals surface area contributed by atoms with Gasteiger partial charge in [0, 0.05) is 18.5 Å². The Morgan fingerprint density at radius 1 is 1.03 bits per heavy atom. The molecule has 156 valence electrons. The number of amides is 1. The molecule has 3 aromatic rings. The smallest absolute Gasteiger partial charge is 0.433 e. The number of hydrogen-bond acceptors (Lipinski definition) is 6. The van der Waals surface area contributed by atoms with Gasteiger partial charge in [-0.15, -0.1) is 0 Å². The van der Waals surface area contributed by atoms with Crippen LogP contribution in [0.15, 0.2) is 48.7 Å². The van der Waals surface area contributed by atoms with Gasteiger partial charge in [-0.3, -0.25) is 4.79 Å². The lowest BCUT2D eigenvalue weighted by Crippen LogP contribution is -2.30. The van der Waals surface area contributed by atoms with Gasteiger partial charge in [0.15, 0.2) is 0 Å². The number of alkyl halides is 3. The molecule has 1 aliphatic heterocycles. The minimum Gasteiger partial charge on any atom is -0.456 e. The summed E-state index contributed by atoms with van der Waals surface area (Å²) in [5, 5.41) is 19.9. The van der Waals surface area contributed by atoms with Crippen molar-refractivity contribution in [1.29, 1.82) is 0 Å². The monoisotopic (exact) mass is 419 g/mol. The number of pyridine rings is 2. The maximum absolute atomic E-state index is 12.6. The Morgan fingerprint density at radius 2 is 1.73 bits per heavy atom. The zero-order chi connectivity index (χ0) is 21.5. The quantitative estimate of drug-likeness (QED) is 0.678. The Balaban J connectivity index is 1.51. The number of aromatic nitrogens is 2. The highest BCUT2D eigenvalue weighted by Gasteiger charge is 2.33. The molecule has 2 atom stereocenters. The summed E-state index contributed by atoms with van der Waals surface area (Å²) in [7, 11) is 0. The zero-order valence-corrected chi connectivity index (χ0v) is 15.4. The maximum Gasteiger partial charge on any atom is 0.433 e. The summed E-state index contributed by atoms with van der Waals surface area (Å²) in [6.07, 6.45) is -5.48. The highest BCUT2D eigenvalue weighted by atomic mass is 19.4. The second-order valence-corrected chi connectivity index (χ2v) is 6.87. The fraction of sp³-hybridized carbons (Fsp3) is 0.250. The SMILES string of the molecule is O=C(c1ccc2cc(Oc3ccc(C(F)(F)F)nc3)ccc2n1)N1C[C@@H](O)[C@@H](O)C1. The van der Waals surface area contributed by atoms with Crippen LogP contribution >= 0.6 is 0 Å². The molecule has 0 unspecified atom stereocenters. The number of aliphatic hydroxyl groups is 2. The van der Waals surface area contributed by atoms with Gasteiger partial charge in [-0.25, -0.2) is 9.97 Å². The Morgan fingerprint density at radius 3 is 2.37 bits per heavy atom. The molecular weight excluding hydrogens is 403 g/mol. The molecule has 0 spiro atoms. The molecule has 1 fully saturated rings. The molecular formula is C20H16F3N3O4. The highest BCUT2D eigenvalue weighted by Crippen LogP contribution is 2.30. The molecule has 0 bridgehead atoms. The van der Waals surface area contributed by atoms with E-state index in [1.165, 1.54) is 17.0 Å². The Labute approximate surface area is 168 Å². The third kappa shape index (κ3) is 4.05. The summed E-state index contributed by atoms with van der Waals surface area (Å²) in [4.78, 5) is 21.5. The number of hydrogen-bond donors (Lipinski definition) is 2. The summed E-state index contributed by atoms with van der Waals surface area (Å²) in [6, 6.07) is 10.0. The largest absolute Gasteiger partial charge is 0.456 e. The normalized spacial score (nSPS) is 19.3. The second-order valence-electron chi connectivity index (χ2n) is 6.87. The number of fused-ring (bicyclic) bond motifs is 1. The topological polar surface area (TPSA) is 95.8 Å². The van der Waals surface area contributed by atoms with Gasteiger partial charge < -0.3 is 19.8 Å². The highest BCUT2D eigenvalue weighted by molar-refractivity contribution is 5.95. The standard InChI is InChI=1S/C20H16F3N3O4/c21-20(22,23)18-6-3-13(8-24-18)30-12-2-5-14-11(7-12)1-4-15(25-14)19(29)26-9-16(27)17(28)10-26/h1-8,16-17,27-28H,9-10H2/t16-,17+. The molecule has 30 heavy (non-hydrogen) atoms. The van der Waals surface area contributed by atoms with E-state index in [1.54, 1.807) is 24.3 Å². The van der Waals surface area contributed by atoms with Crippen molar-refractivity contribution in [3.63, 3.8) is 0 Å². The predicted octanol–water partition coefficient (Wildman–Crippen LogP) is 2.62. The van der Waals surface area contributed by atoms with E-state index in [-0.39, 0.29) is 24.5 Å². The summed E-state index contributed by atoms with van der Waals surface area (Å²) < 4.78 is 43.3. The summed E-state index contributed by atoms with van der Waals surface area (Å²) >= 11 is 0. The van der Waals surface area contributed by atoms with Gasteiger partial charge in [-0.05, 0) is 36.4 Å². The Kier molecular flexibility index (Phi) is 5.04. The van der Waals surface area contributed by atoms with Gasteiger partial charge >= 0.3 is 6.18 Å². The van der Waals surface area contributed by atoms with Crippen LogP contribution in [0.2, 0.25) is 0 Å². The van der Waals surface area contributed by atoms with E-state index in [4.69, 9.17) is 4.74 Å². The van der Waals surface area contributed by atoms with Crippen molar-refractivity contribution in [3.05, 3.63) is 60.0 Å². The number of rotatable bonds is 3. The molecule has 0 aliphatic carbocycles. The van der Waals surface area contributed by atoms with Crippen LogP contribution in [0.4, 0.5) is 13.2 Å². The van der Waals surface area contributed by atoms with Crippen LogP contribution in [0.25, 0.3) is 10.9 Å². The van der Waals surface area contributed by atoms with E-state index >= 15 is 0 Å². The third-order valence-corrected chi connectivity index (χ3v) is 4.69. The molecule has 4 rings (SSSR count). The van der Waals surface area contributed by atoms with Crippen LogP contribution in [0.3, 0.4) is 0 Å². The van der Waals surface area contributed by atoms with Crippen molar-refractivity contribution in [1.82, 2.24) is 14.9 Å². The van der Waals surface area contributed by atoms with Crippen molar-refractivity contribution in [2.45, 2.75) is 18.4 Å². The molecule has 2 N–H and O–H groups in total. The van der Waals surface area contributed by atoms with Gasteiger partial charge in [-0.2, -0.15) is 13.2 Å². The van der Waals surface area contributed by atoms with Crippen LogP contribution in [0.5, 0.6) is 11.5 Å². The molecule has 2 aromatic heterocycles. The van der Waals surface area contributed by atoms with Crippen LogP contribution < -0.4 is 4.74 Å². The lowest BCUT2D eigenvalue weighted by atomic mass is 10.2. The lowest BCUT2D eigenvalue weighted by molar-refractivity contribution is -0.141. The van der Waals surface area contributed by atoms with Crippen molar-refractivity contribution < 1.29 is 32.9 Å². The van der Waals surface area contributed by atoms with Crippen molar-refractivity contribution in [2.24, 2.45) is 0 Å². The number of carbonyl (C=O) groups excluding carboxylic acids is 1. The molecule has 1 aromatic carbocycles. The molecule has 1 saturated heterocycles. The molecule has 10 heteroatoms. The molecule has 3 heterocycles. The molecule has 0 saturated carbocycles. The van der Waals surface area contributed by atoms with Crippen LogP contribution in [0, 0.1) is 0 Å². The van der Waals surface area contributed by atoms with E-state index < -0.39 is 30.0 Å². The number of aliphatic hydroxyl groups excluding tert-OH is 2. The van der Waals surface area contributed by atoms with E-state index in [2.05, 4.69) is 9.97 Å². The van der Waals surface area contributed by atoms with Gasteiger partial charge in [-0.1, -0.05) is 6.07 Å². The van der Waals surface area contributed by atoms with Crippen LogP contribution in [-0.2, 0) is 6.18 Å². The number of β-amino-alcohol motifs (C(OH)–C–C–N with tert-alkyl or cyclic N) is 2. The van der Waals surface area contributed by atoms with E-state index in [0.29, 0.717) is 16.7 Å². The van der Waals surface area contributed by atoms with Crippen molar-refractivity contribution in [2.75, 3.05) is 13.1 Å². The van der Waals surface area contributed by atoms with E-state index in [0.717, 1.165) is 12.3 Å². The molecule has 1 aliphatic rings. The maximum atomic E-state index is 12.6. The van der Waals surface area contributed by atoms with Crippen molar-refractivity contribution >= 4 is 16.8 Å². The average molecular weight is 419 g/mol. The van der Waals surface area contributed by atoms with E-state index in [1.807, 2.05) is 0 Å². The number of halogens is 3. The first-order chi connectivity index (χ1) is 14.2. The molecule has 0 radical (unpaired) electrons. The average Bonchev–Trinajstić information content (AvgIpc) is 3.05. The Bertz CT molecular complexity index is 1080. The van der Waals surface area contributed by atoms with Gasteiger partial charge in [0.05, 0.1) is 23.9 Å². The fourth-order valence-corrected chi connectivity index (χ4v) is 3.13. The number of carbonyl (C=O) groups is 1. The number of nitrogens with zero attached hydrogens (tertiary/aromatic N) is 3. The Hall–Kier alpha value is -3.24. The fourth-order valence-electron chi connectivity index (χ4n) is 3.13. The van der Waals surface area contributed by atoms with E-state index in [9.17, 15) is 28.2 Å². The van der Waals surface area contributed by atoms with Gasteiger partial charge in [0.2, 0.25) is 0 Å². The van der Waals surface area contributed by atoms with Gasteiger partial charge in [0.25, 0.3) is 5.91 Å². The third-order valence-electron chi connectivity index (χ3n) is 4.69. The molecule has 7 nitrogen and oxygen atoms in total. The summed E-state index contributed by atoms with van der Waals surface area (Å²) in [6.45, 7) is 0.0708. The minimum absolute atomic E-state index is 0.0354. The predicted molar refractivity (Wildman–Crippen MR) is 99.0 cm³/mol. The first-order valence-electron chi connectivity index (χ1n) is 8.98. The second kappa shape index (κ2) is 7.54. The van der Waals surface area contributed by atoms with Crippen LogP contribution in [0.1, 0.15) is 16.2 Å². The summed E-state index contributed by atoms with van der Waals surface area (Å²) in [5.41, 5.74) is -0.323. The molecule has 1 amide bonds. The number of benzene rings is 1. The van der Waals surface area contributed by atoms with Gasteiger partial charge in [0.1, 0.15) is 22.9 Å².